The topological polar surface area (TPSA) is 58.2 Å². The molecule has 108 valence electrons. The highest BCUT2D eigenvalue weighted by Crippen LogP contribution is 2.13. The van der Waals surface area contributed by atoms with Crippen molar-refractivity contribution in [3.63, 3.8) is 0 Å². The lowest BCUT2D eigenvalue weighted by Gasteiger charge is -2.07. The van der Waals surface area contributed by atoms with E-state index in [1.165, 1.54) is 18.2 Å². The second-order valence-electron chi connectivity index (χ2n) is 4.40. The molecule has 0 fully saturated rings. The first-order valence-corrected chi connectivity index (χ1v) is 6.55. The Morgan fingerprint density at radius 3 is 2.33 bits per heavy atom. The minimum atomic E-state index is -0.473. The lowest BCUT2D eigenvalue weighted by molar-refractivity contribution is 0.0954. The number of benzene rings is 2. The SMILES string of the molecule is CCNC(=O)c1cccc(NC(=O)c2cccc(F)c2)c1. The minimum absolute atomic E-state index is 0.209. The van der Waals surface area contributed by atoms with Gasteiger partial charge in [0.15, 0.2) is 0 Å². The van der Waals surface area contributed by atoms with E-state index in [9.17, 15) is 14.0 Å². The molecular formula is C16H15FN2O2. The van der Waals surface area contributed by atoms with Crippen LogP contribution < -0.4 is 10.6 Å². The smallest absolute Gasteiger partial charge is 0.255 e. The van der Waals surface area contributed by atoms with Crippen LogP contribution in [0.1, 0.15) is 27.6 Å². The molecule has 0 radical (unpaired) electrons. The number of halogens is 1. The first-order chi connectivity index (χ1) is 10.1. The van der Waals surface area contributed by atoms with Gasteiger partial charge in [0, 0.05) is 23.4 Å². The van der Waals surface area contributed by atoms with E-state index < -0.39 is 11.7 Å². The predicted molar refractivity (Wildman–Crippen MR) is 78.8 cm³/mol. The van der Waals surface area contributed by atoms with Crippen LogP contribution in [0.4, 0.5) is 10.1 Å². The Labute approximate surface area is 122 Å². The van der Waals surface area contributed by atoms with Crippen LogP contribution in [-0.2, 0) is 0 Å². The molecule has 0 aliphatic heterocycles. The number of nitrogens with one attached hydrogen (secondary N) is 2. The van der Waals surface area contributed by atoms with Crippen LogP contribution in [0.25, 0.3) is 0 Å². The van der Waals surface area contributed by atoms with Gasteiger partial charge in [-0.1, -0.05) is 12.1 Å². The van der Waals surface area contributed by atoms with Gasteiger partial charge in [0.2, 0.25) is 0 Å². The van der Waals surface area contributed by atoms with Gasteiger partial charge in [-0.3, -0.25) is 9.59 Å². The van der Waals surface area contributed by atoms with Gasteiger partial charge >= 0.3 is 0 Å². The predicted octanol–water partition coefficient (Wildman–Crippen LogP) is 2.83. The highest BCUT2D eigenvalue weighted by molar-refractivity contribution is 6.05. The second kappa shape index (κ2) is 6.65. The molecule has 0 spiro atoms. The zero-order valence-electron chi connectivity index (χ0n) is 11.5. The van der Waals surface area contributed by atoms with Crippen molar-refractivity contribution in [2.24, 2.45) is 0 Å². The zero-order valence-corrected chi connectivity index (χ0v) is 11.5. The summed E-state index contributed by atoms with van der Waals surface area (Å²) in [5.41, 5.74) is 1.15. The summed E-state index contributed by atoms with van der Waals surface area (Å²) in [5, 5.41) is 5.32. The second-order valence-corrected chi connectivity index (χ2v) is 4.40. The van der Waals surface area contributed by atoms with Gasteiger partial charge in [-0.05, 0) is 43.3 Å². The Bertz CT molecular complexity index is 671. The summed E-state index contributed by atoms with van der Waals surface area (Å²) in [6, 6.07) is 12.0. The third-order valence-electron chi connectivity index (χ3n) is 2.81. The number of rotatable bonds is 4. The van der Waals surface area contributed by atoms with Gasteiger partial charge in [0.25, 0.3) is 11.8 Å². The molecule has 0 atom stereocenters. The van der Waals surface area contributed by atoms with Crippen molar-refractivity contribution in [2.45, 2.75) is 6.92 Å². The van der Waals surface area contributed by atoms with Gasteiger partial charge in [-0.2, -0.15) is 0 Å². The van der Waals surface area contributed by atoms with Crippen molar-refractivity contribution < 1.29 is 14.0 Å². The molecule has 2 aromatic rings. The lowest BCUT2D eigenvalue weighted by atomic mass is 10.1. The van der Waals surface area contributed by atoms with E-state index in [0.29, 0.717) is 17.8 Å². The Kier molecular flexibility index (Phi) is 4.66. The van der Waals surface area contributed by atoms with Crippen molar-refractivity contribution in [3.05, 3.63) is 65.5 Å². The monoisotopic (exact) mass is 286 g/mol. The van der Waals surface area contributed by atoms with Crippen LogP contribution >= 0.6 is 0 Å². The zero-order chi connectivity index (χ0) is 15.2. The highest BCUT2D eigenvalue weighted by Gasteiger charge is 2.09. The Morgan fingerprint density at radius 2 is 1.67 bits per heavy atom. The average molecular weight is 286 g/mol. The van der Waals surface area contributed by atoms with E-state index in [4.69, 9.17) is 0 Å². The summed E-state index contributed by atoms with van der Waals surface area (Å²) in [6.07, 6.45) is 0. The minimum Gasteiger partial charge on any atom is -0.352 e. The van der Waals surface area contributed by atoms with Gasteiger partial charge in [-0.15, -0.1) is 0 Å². The summed E-state index contributed by atoms with van der Waals surface area (Å²) in [5.74, 6) is -1.11. The van der Waals surface area contributed by atoms with Crippen molar-refractivity contribution in [1.82, 2.24) is 5.32 Å². The third kappa shape index (κ3) is 3.89. The van der Waals surface area contributed by atoms with E-state index in [2.05, 4.69) is 10.6 Å². The summed E-state index contributed by atoms with van der Waals surface area (Å²) in [6.45, 7) is 2.35. The summed E-state index contributed by atoms with van der Waals surface area (Å²) in [4.78, 5) is 23.7. The summed E-state index contributed by atoms with van der Waals surface area (Å²) < 4.78 is 13.1. The van der Waals surface area contributed by atoms with Crippen molar-refractivity contribution in [2.75, 3.05) is 11.9 Å². The van der Waals surface area contributed by atoms with E-state index in [0.717, 1.165) is 6.07 Å². The van der Waals surface area contributed by atoms with E-state index in [1.807, 2.05) is 6.92 Å². The number of anilines is 1. The molecule has 0 saturated heterocycles. The van der Waals surface area contributed by atoms with Crippen molar-refractivity contribution >= 4 is 17.5 Å². The molecule has 21 heavy (non-hydrogen) atoms. The summed E-state index contributed by atoms with van der Waals surface area (Å²) >= 11 is 0. The molecular weight excluding hydrogens is 271 g/mol. The van der Waals surface area contributed by atoms with Crippen molar-refractivity contribution in [1.29, 1.82) is 0 Å². The first-order valence-electron chi connectivity index (χ1n) is 6.55. The van der Waals surface area contributed by atoms with Crippen LogP contribution in [0.2, 0.25) is 0 Å². The maximum atomic E-state index is 13.1. The van der Waals surface area contributed by atoms with Crippen LogP contribution in [0, 0.1) is 5.82 Å². The first kappa shape index (κ1) is 14.7. The third-order valence-corrected chi connectivity index (χ3v) is 2.81. The maximum absolute atomic E-state index is 13.1. The molecule has 4 nitrogen and oxygen atoms in total. The highest BCUT2D eigenvalue weighted by atomic mass is 19.1. The Morgan fingerprint density at radius 1 is 1.00 bits per heavy atom. The van der Waals surface area contributed by atoms with Gasteiger partial charge < -0.3 is 10.6 Å². The molecule has 0 bridgehead atoms. The summed E-state index contributed by atoms with van der Waals surface area (Å²) in [7, 11) is 0. The molecule has 0 aliphatic carbocycles. The Hall–Kier alpha value is -2.69. The average Bonchev–Trinajstić information content (AvgIpc) is 2.48. The fourth-order valence-electron chi connectivity index (χ4n) is 1.83. The van der Waals surface area contributed by atoms with Gasteiger partial charge in [0.1, 0.15) is 5.82 Å². The number of carbonyl (C=O) groups excluding carboxylic acids is 2. The van der Waals surface area contributed by atoms with Crippen LogP contribution in [0.3, 0.4) is 0 Å². The van der Waals surface area contributed by atoms with Crippen LogP contribution in [0.5, 0.6) is 0 Å². The Balaban J connectivity index is 2.14. The molecule has 5 heteroatoms. The number of hydrogen-bond donors (Lipinski definition) is 2. The van der Waals surface area contributed by atoms with Crippen LogP contribution in [-0.4, -0.2) is 18.4 Å². The molecule has 2 rings (SSSR count). The quantitative estimate of drug-likeness (QED) is 0.908. The molecule has 0 aliphatic rings. The molecule has 2 amide bonds. The largest absolute Gasteiger partial charge is 0.352 e. The van der Waals surface area contributed by atoms with E-state index in [1.54, 1.807) is 24.3 Å². The number of carbonyl (C=O) groups is 2. The molecule has 0 unspecified atom stereocenters. The normalized spacial score (nSPS) is 10.0. The molecule has 0 aromatic heterocycles. The lowest BCUT2D eigenvalue weighted by Crippen LogP contribution is -2.22. The standard InChI is InChI=1S/C16H15FN2O2/c1-2-18-15(20)12-6-4-8-14(10-12)19-16(21)11-5-3-7-13(17)9-11/h3-10H,2H2,1H3,(H,18,20)(H,19,21). The van der Waals surface area contributed by atoms with E-state index >= 15 is 0 Å². The van der Waals surface area contributed by atoms with E-state index in [-0.39, 0.29) is 11.5 Å². The molecule has 2 N–H and O–H groups in total. The maximum Gasteiger partial charge on any atom is 0.255 e. The fourth-order valence-corrected chi connectivity index (χ4v) is 1.83. The number of amides is 2. The molecule has 2 aromatic carbocycles. The van der Waals surface area contributed by atoms with Crippen LogP contribution in [0.15, 0.2) is 48.5 Å². The van der Waals surface area contributed by atoms with Crippen molar-refractivity contribution in [3.8, 4) is 0 Å². The van der Waals surface area contributed by atoms with Gasteiger partial charge in [0.05, 0.1) is 0 Å². The molecule has 0 saturated carbocycles. The number of hydrogen-bond acceptors (Lipinski definition) is 2. The fraction of sp³-hybridized carbons (Fsp3) is 0.125. The molecule has 0 heterocycles. The van der Waals surface area contributed by atoms with Gasteiger partial charge in [-0.25, -0.2) is 4.39 Å².